The molecule has 0 N–H and O–H groups in total. The summed E-state index contributed by atoms with van der Waals surface area (Å²) in [6.45, 7) is 2.19. The van der Waals surface area contributed by atoms with E-state index < -0.39 is 11.0 Å². The van der Waals surface area contributed by atoms with Crippen LogP contribution in [0.25, 0.3) is 0 Å². The fourth-order valence-corrected chi connectivity index (χ4v) is 3.38. The van der Waals surface area contributed by atoms with Gasteiger partial charge < -0.3 is 9.47 Å². The van der Waals surface area contributed by atoms with Gasteiger partial charge in [-0.3, -0.25) is 10.1 Å². The van der Waals surface area contributed by atoms with Crippen LogP contribution in [0.1, 0.15) is 29.7 Å². The lowest BCUT2D eigenvalue weighted by molar-refractivity contribution is -0.384. The quantitative estimate of drug-likeness (QED) is 0.585. The Morgan fingerprint density at radius 2 is 1.96 bits per heavy atom. The van der Waals surface area contributed by atoms with E-state index in [-0.39, 0.29) is 23.5 Å². The number of benzene rings is 2. The minimum absolute atomic E-state index is 0.0256. The van der Waals surface area contributed by atoms with E-state index in [9.17, 15) is 10.1 Å². The van der Waals surface area contributed by atoms with Crippen molar-refractivity contribution < 1.29 is 14.4 Å². The van der Waals surface area contributed by atoms with Crippen LogP contribution in [0.3, 0.4) is 0 Å². The summed E-state index contributed by atoms with van der Waals surface area (Å²) in [4.78, 5) is 10.5. The zero-order valence-electron chi connectivity index (χ0n) is 13.3. The molecule has 8 heteroatoms. The van der Waals surface area contributed by atoms with Gasteiger partial charge in [0.2, 0.25) is 6.79 Å². The van der Waals surface area contributed by atoms with Crippen LogP contribution in [0.15, 0.2) is 40.6 Å². The first-order chi connectivity index (χ1) is 12.0. The highest BCUT2D eigenvalue weighted by Gasteiger charge is 2.27. The predicted octanol–water partition coefficient (Wildman–Crippen LogP) is 4.46. The Kier molecular flexibility index (Phi) is 3.80. The smallest absolute Gasteiger partial charge is 0.287 e. The number of ether oxygens (including phenoxy) is 2. The maximum absolute atomic E-state index is 11.0. The number of nitrogens with zero attached hydrogens (tertiary/aromatic N) is 3. The van der Waals surface area contributed by atoms with E-state index in [0.29, 0.717) is 11.5 Å². The molecule has 0 saturated heterocycles. The third-order valence-electron chi connectivity index (χ3n) is 4.31. The standard InChI is InChI=1S/C17H14ClN3O4/c1-9-4-11-6-15-16(25-8-24-15)7-12(11)17(20-19-9)10-2-3-14(21(22)23)13(18)5-10/h2-3,5-7,9,17H,4,8H2,1H3/t9-,17?/m1/s1. The Bertz CT molecular complexity index is 900. The molecular weight excluding hydrogens is 346 g/mol. The summed E-state index contributed by atoms with van der Waals surface area (Å²) < 4.78 is 10.9. The van der Waals surface area contributed by atoms with E-state index in [1.165, 1.54) is 6.07 Å². The molecule has 0 bridgehead atoms. The minimum atomic E-state index is -0.505. The average molecular weight is 360 g/mol. The molecule has 2 aliphatic rings. The van der Waals surface area contributed by atoms with Crippen LogP contribution >= 0.6 is 11.6 Å². The summed E-state index contributed by atoms with van der Waals surface area (Å²) >= 11 is 6.08. The molecule has 7 nitrogen and oxygen atoms in total. The van der Waals surface area contributed by atoms with Crippen LogP contribution in [0.4, 0.5) is 5.69 Å². The minimum Gasteiger partial charge on any atom is -0.454 e. The van der Waals surface area contributed by atoms with Crippen molar-refractivity contribution in [1.29, 1.82) is 0 Å². The van der Waals surface area contributed by atoms with E-state index in [0.717, 1.165) is 23.1 Å². The van der Waals surface area contributed by atoms with Gasteiger partial charge in [-0.15, -0.1) is 0 Å². The molecule has 0 amide bonds. The van der Waals surface area contributed by atoms with Crippen LogP contribution in [0.5, 0.6) is 11.5 Å². The van der Waals surface area contributed by atoms with E-state index in [1.807, 2.05) is 19.1 Å². The highest BCUT2D eigenvalue weighted by Crippen LogP contribution is 2.42. The number of nitro groups is 1. The largest absolute Gasteiger partial charge is 0.454 e. The van der Waals surface area contributed by atoms with Gasteiger partial charge in [-0.1, -0.05) is 11.6 Å². The van der Waals surface area contributed by atoms with E-state index in [1.54, 1.807) is 12.1 Å². The lowest BCUT2D eigenvalue weighted by Crippen LogP contribution is -2.04. The second-order valence-electron chi connectivity index (χ2n) is 6.06. The van der Waals surface area contributed by atoms with Crippen molar-refractivity contribution in [3.8, 4) is 11.5 Å². The van der Waals surface area contributed by atoms with Crippen LogP contribution < -0.4 is 9.47 Å². The maximum Gasteiger partial charge on any atom is 0.287 e. The fourth-order valence-electron chi connectivity index (χ4n) is 3.12. The number of nitro benzene ring substituents is 1. The van der Waals surface area contributed by atoms with Gasteiger partial charge >= 0.3 is 0 Å². The summed E-state index contributed by atoms with van der Waals surface area (Å²) in [5, 5.41) is 19.9. The zero-order valence-corrected chi connectivity index (χ0v) is 14.1. The molecule has 0 saturated carbocycles. The van der Waals surface area contributed by atoms with Crippen molar-refractivity contribution in [2.24, 2.45) is 10.2 Å². The summed E-state index contributed by atoms with van der Waals surface area (Å²) in [7, 11) is 0. The third kappa shape index (κ3) is 2.80. The molecule has 2 aromatic carbocycles. The van der Waals surface area contributed by atoms with E-state index in [2.05, 4.69) is 10.2 Å². The van der Waals surface area contributed by atoms with Gasteiger partial charge in [0.15, 0.2) is 11.5 Å². The molecule has 4 rings (SSSR count). The molecule has 0 radical (unpaired) electrons. The Morgan fingerprint density at radius 1 is 1.20 bits per heavy atom. The highest BCUT2D eigenvalue weighted by atomic mass is 35.5. The van der Waals surface area contributed by atoms with Gasteiger partial charge in [0.1, 0.15) is 11.1 Å². The second kappa shape index (κ2) is 6.00. The fraction of sp³-hybridized carbons (Fsp3) is 0.294. The normalized spacial score (nSPS) is 20.9. The van der Waals surface area contributed by atoms with Gasteiger partial charge in [-0.25, -0.2) is 0 Å². The van der Waals surface area contributed by atoms with Crippen molar-refractivity contribution in [1.82, 2.24) is 0 Å². The number of azo groups is 1. The molecule has 25 heavy (non-hydrogen) atoms. The lowest BCUT2D eigenvalue weighted by atomic mass is 9.92. The first kappa shape index (κ1) is 15.8. The monoisotopic (exact) mass is 359 g/mol. The molecule has 0 spiro atoms. The SMILES string of the molecule is C[C@@H]1Cc2cc3c(cc2C(c2ccc([N+](=O)[O-])c(Cl)c2)N=N1)OCO3. The van der Waals surface area contributed by atoms with Crippen molar-refractivity contribution in [3.63, 3.8) is 0 Å². The Balaban J connectivity index is 1.84. The Morgan fingerprint density at radius 3 is 2.68 bits per heavy atom. The third-order valence-corrected chi connectivity index (χ3v) is 4.61. The summed E-state index contributed by atoms with van der Waals surface area (Å²) in [6, 6.07) is 8.14. The highest BCUT2D eigenvalue weighted by molar-refractivity contribution is 6.32. The van der Waals surface area contributed by atoms with Gasteiger partial charge in [-0.05, 0) is 54.3 Å². The number of fused-ring (bicyclic) bond motifs is 2. The van der Waals surface area contributed by atoms with E-state index in [4.69, 9.17) is 21.1 Å². The van der Waals surface area contributed by atoms with Gasteiger partial charge in [0, 0.05) is 6.07 Å². The van der Waals surface area contributed by atoms with Gasteiger partial charge in [0.05, 0.1) is 11.0 Å². The summed E-state index contributed by atoms with van der Waals surface area (Å²) in [6.07, 6.45) is 0.729. The molecule has 2 heterocycles. The van der Waals surface area contributed by atoms with Gasteiger partial charge in [-0.2, -0.15) is 10.2 Å². The molecule has 1 unspecified atom stereocenters. The van der Waals surface area contributed by atoms with E-state index >= 15 is 0 Å². The topological polar surface area (TPSA) is 86.3 Å². The van der Waals surface area contributed by atoms with Gasteiger partial charge in [0.25, 0.3) is 5.69 Å². The number of halogens is 1. The molecule has 2 aliphatic heterocycles. The number of hydrogen-bond acceptors (Lipinski definition) is 6. The van der Waals surface area contributed by atoms with Crippen molar-refractivity contribution in [2.75, 3.05) is 6.79 Å². The molecule has 2 aromatic rings. The Hall–Kier alpha value is -2.67. The predicted molar refractivity (Wildman–Crippen MR) is 90.5 cm³/mol. The number of rotatable bonds is 2. The van der Waals surface area contributed by atoms with Crippen molar-refractivity contribution >= 4 is 17.3 Å². The van der Waals surface area contributed by atoms with Crippen molar-refractivity contribution in [3.05, 3.63) is 62.2 Å². The first-order valence-corrected chi connectivity index (χ1v) is 8.17. The average Bonchev–Trinajstić information content (AvgIpc) is 2.95. The lowest BCUT2D eigenvalue weighted by Gasteiger charge is -2.15. The van der Waals surface area contributed by atoms with Crippen LogP contribution in [0, 0.1) is 10.1 Å². The first-order valence-electron chi connectivity index (χ1n) is 7.79. The maximum atomic E-state index is 11.0. The Labute approximate surface area is 148 Å². The van der Waals surface area contributed by atoms with Crippen LogP contribution in [0.2, 0.25) is 5.02 Å². The van der Waals surface area contributed by atoms with Crippen molar-refractivity contribution in [2.45, 2.75) is 25.4 Å². The molecule has 0 aromatic heterocycles. The molecule has 0 aliphatic carbocycles. The van der Waals surface area contributed by atoms with Crippen LogP contribution in [-0.4, -0.2) is 17.8 Å². The summed E-state index contributed by atoms with van der Waals surface area (Å²) in [5.41, 5.74) is 2.63. The molecule has 2 atom stereocenters. The number of hydrogen-bond donors (Lipinski definition) is 0. The zero-order chi connectivity index (χ0) is 17.6. The summed E-state index contributed by atoms with van der Waals surface area (Å²) in [5.74, 6) is 1.38. The second-order valence-corrected chi connectivity index (χ2v) is 6.47. The molecule has 0 fully saturated rings. The molecular formula is C17H14ClN3O4. The van der Waals surface area contributed by atoms with Crippen LogP contribution in [-0.2, 0) is 6.42 Å². The molecule has 128 valence electrons.